The van der Waals surface area contributed by atoms with Crippen LogP contribution in [-0.2, 0) is 0 Å². The lowest BCUT2D eigenvalue weighted by molar-refractivity contribution is 0.198. The van der Waals surface area contributed by atoms with E-state index in [4.69, 9.17) is 37.7 Å². The molecule has 0 saturated heterocycles. The topological polar surface area (TPSA) is 65.7 Å². The SMILES string of the molecule is CCOc1cc(C)c(-c2nc3ccccc3c(=O)n2N=Cc2cc(Cl)c(OCC(C)(C)C)c(Cl)c2)cc1C(C)C. The molecule has 0 saturated carbocycles. The van der Waals surface area contributed by atoms with Crippen molar-refractivity contribution in [1.82, 2.24) is 9.66 Å². The maximum atomic E-state index is 13.7. The van der Waals surface area contributed by atoms with Crippen molar-refractivity contribution in [2.24, 2.45) is 10.5 Å². The number of aryl methyl sites for hydroxylation is 1. The molecule has 6 nitrogen and oxygen atoms in total. The number of halogens is 2. The van der Waals surface area contributed by atoms with Crippen LogP contribution in [-0.4, -0.2) is 29.1 Å². The standard InChI is InChI=1S/C32H35Cl2N3O3/c1-8-39-28-13-20(4)24(16-23(28)19(2)3)30-36-27-12-10-9-11-22(27)31(38)37(30)35-17-21-14-25(33)29(26(34)15-21)40-18-32(5,6)7/h9-17,19H,8,18H2,1-7H3. The molecule has 0 N–H and O–H groups in total. The normalized spacial score (nSPS) is 12.1. The van der Waals surface area contributed by atoms with Crippen molar-refractivity contribution in [3.63, 3.8) is 0 Å². The summed E-state index contributed by atoms with van der Waals surface area (Å²) >= 11 is 13.1. The molecule has 4 rings (SSSR count). The number of hydrogen-bond donors (Lipinski definition) is 0. The van der Waals surface area contributed by atoms with Gasteiger partial charge in [0.05, 0.1) is 40.4 Å². The molecule has 8 heteroatoms. The van der Waals surface area contributed by atoms with Gasteiger partial charge in [-0.3, -0.25) is 4.79 Å². The van der Waals surface area contributed by atoms with Crippen LogP contribution >= 0.6 is 23.2 Å². The molecule has 0 aliphatic carbocycles. The van der Waals surface area contributed by atoms with Crippen LogP contribution in [0.1, 0.15) is 64.2 Å². The summed E-state index contributed by atoms with van der Waals surface area (Å²) in [5.74, 6) is 1.89. The molecule has 0 atom stereocenters. The molecule has 1 aromatic heterocycles. The second-order valence-corrected chi connectivity index (χ2v) is 12.1. The Hall–Kier alpha value is -3.35. The number of benzene rings is 3. The molecule has 0 aliphatic rings. The van der Waals surface area contributed by atoms with E-state index in [-0.39, 0.29) is 16.9 Å². The Morgan fingerprint density at radius 1 is 1.05 bits per heavy atom. The lowest BCUT2D eigenvalue weighted by Gasteiger charge is -2.20. The van der Waals surface area contributed by atoms with Crippen molar-refractivity contribution in [2.75, 3.05) is 13.2 Å². The predicted molar refractivity (Wildman–Crippen MR) is 166 cm³/mol. The molecular weight excluding hydrogens is 545 g/mol. The number of nitrogens with zero attached hydrogens (tertiary/aromatic N) is 3. The average molecular weight is 581 g/mol. The van der Waals surface area contributed by atoms with Crippen molar-refractivity contribution < 1.29 is 9.47 Å². The fraction of sp³-hybridized carbons (Fsp3) is 0.344. The first-order valence-corrected chi connectivity index (χ1v) is 14.1. The van der Waals surface area contributed by atoms with E-state index >= 15 is 0 Å². The fourth-order valence-corrected chi connectivity index (χ4v) is 4.89. The quantitative estimate of drug-likeness (QED) is 0.196. The van der Waals surface area contributed by atoms with Crippen LogP contribution in [0, 0.1) is 12.3 Å². The van der Waals surface area contributed by atoms with Crippen molar-refractivity contribution >= 4 is 40.3 Å². The van der Waals surface area contributed by atoms with Crippen LogP contribution in [0.25, 0.3) is 22.3 Å². The lowest BCUT2D eigenvalue weighted by Crippen LogP contribution is -2.21. The van der Waals surface area contributed by atoms with Gasteiger partial charge in [0.15, 0.2) is 11.6 Å². The molecule has 4 aromatic rings. The fourth-order valence-electron chi connectivity index (χ4n) is 4.28. The summed E-state index contributed by atoms with van der Waals surface area (Å²) in [7, 11) is 0. The summed E-state index contributed by atoms with van der Waals surface area (Å²) in [6.07, 6.45) is 1.56. The van der Waals surface area contributed by atoms with E-state index in [0.717, 1.165) is 22.4 Å². The van der Waals surface area contributed by atoms with E-state index in [1.165, 1.54) is 4.68 Å². The highest BCUT2D eigenvalue weighted by Crippen LogP contribution is 2.36. The van der Waals surface area contributed by atoms with Gasteiger partial charge in [0.25, 0.3) is 5.56 Å². The first-order chi connectivity index (χ1) is 18.9. The van der Waals surface area contributed by atoms with Gasteiger partial charge in [-0.2, -0.15) is 9.78 Å². The van der Waals surface area contributed by atoms with E-state index in [1.54, 1.807) is 24.4 Å². The highest BCUT2D eigenvalue weighted by atomic mass is 35.5. The molecule has 0 amide bonds. The summed E-state index contributed by atoms with van der Waals surface area (Å²) in [6.45, 7) is 15.4. The van der Waals surface area contributed by atoms with E-state index < -0.39 is 0 Å². The van der Waals surface area contributed by atoms with Gasteiger partial charge >= 0.3 is 0 Å². The van der Waals surface area contributed by atoms with Crippen molar-refractivity contribution in [2.45, 2.75) is 54.4 Å². The zero-order valence-corrected chi connectivity index (χ0v) is 25.5. The molecule has 0 spiro atoms. The number of ether oxygens (including phenoxy) is 2. The molecule has 0 unspecified atom stereocenters. The molecule has 0 fully saturated rings. The minimum absolute atomic E-state index is 0.0537. The second kappa shape index (κ2) is 12.0. The Labute approximate surface area is 245 Å². The molecule has 0 radical (unpaired) electrons. The van der Waals surface area contributed by atoms with Crippen LogP contribution in [0.3, 0.4) is 0 Å². The first kappa shape index (κ1) is 29.6. The molecule has 40 heavy (non-hydrogen) atoms. The summed E-state index contributed by atoms with van der Waals surface area (Å²) in [5.41, 5.74) is 3.64. The summed E-state index contributed by atoms with van der Waals surface area (Å²) in [4.78, 5) is 18.6. The van der Waals surface area contributed by atoms with Gasteiger partial charge in [-0.1, -0.05) is 70.0 Å². The Bertz CT molecular complexity index is 1610. The van der Waals surface area contributed by atoms with Crippen molar-refractivity contribution in [3.05, 3.63) is 85.6 Å². The first-order valence-electron chi connectivity index (χ1n) is 13.3. The van der Waals surface area contributed by atoms with Gasteiger partial charge in [0, 0.05) is 5.56 Å². The Kier molecular flexibility index (Phi) is 8.91. The molecule has 1 heterocycles. The maximum absolute atomic E-state index is 13.7. The Balaban J connectivity index is 1.86. The number of aromatic nitrogens is 2. The highest BCUT2D eigenvalue weighted by Gasteiger charge is 2.19. The average Bonchev–Trinajstić information content (AvgIpc) is 2.87. The van der Waals surface area contributed by atoms with Crippen LogP contribution in [0.2, 0.25) is 10.0 Å². The molecule has 0 bridgehead atoms. The molecular formula is C32H35Cl2N3O3. The van der Waals surface area contributed by atoms with E-state index in [0.29, 0.717) is 51.3 Å². The number of fused-ring (bicyclic) bond motifs is 1. The third kappa shape index (κ3) is 6.51. The molecule has 210 valence electrons. The zero-order chi connectivity index (χ0) is 29.2. The molecule has 0 aliphatic heterocycles. The second-order valence-electron chi connectivity index (χ2n) is 11.3. The van der Waals surface area contributed by atoms with Crippen molar-refractivity contribution in [3.8, 4) is 22.9 Å². The molecule has 3 aromatic carbocycles. The minimum Gasteiger partial charge on any atom is -0.494 e. The predicted octanol–water partition coefficient (Wildman–Crippen LogP) is 8.51. The van der Waals surface area contributed by atoms with Gasteiger partial charge in [-0.15, -0.1) is 0 Å². The summed E-state index contributed by atoms with van der Waals surface area (Å²) in [5, 5.41) is 5.81. The van der Waals surface area contributed by atoms with Crippen molar-refractivity contribution in [1.29, 1.82) is 0 Å². The number of para-hydroxylation sites is 1. The maximum Gasteiger partial charge on any atom is 0.282 e. The van der Waals surface area contributed by atoms with E-state index in [9.17, 15) is 4.79 Å². The third-order valence-electron chi connectivity index (χ3n) is 6.27. The Morgan fingerprint density at radius 2 is 1.73 bits per heavy atom. The summed E-state index contributed by atoms with van der Waals surface area (Å²) in [6, 6.07) is 14.7. The van der Waals surface area contributed by atoms with Gasteiger partial charge in [0.1, 0.15) is 5.75 Å². The van der Waals surface area contributed by atoms with Gasteiger partial charge in [-0.05, 0) is 78.3 Å². The minimum atomic E-state index is -0.279. The number of rotatable bonds is 8. The van der Waals surface area contributed by atoms with E-state index in [2.05, 4.69) is 39.7 Å². The van der Waals surface area contributed by atoms with Gasteiger partial charge in [0.2, 0.25) is 0 Å². The summed E-state index contributed by atoms with van der Waals surface area (Å²) < 4.78 is 13.1. The Morgan fingerprint density at radius 3 is 2.35 bits per heavy atom. The van der Waals surface area contributed by atoms with Crippen LogP contribution < -0.4 is 15.0 Å². The number of hydrogen-bond acceptors (Lipinski definition) is 5. The third-order valence-corrected chi connectivity index (χ3v) is 6.83. The van der Waals surface area contributed by atoms with E-state index in [1.807, 2.05) is 44.2 Å². The van der Waals surface area contributed by atoms with Gasteiger partial charge < -0.3 is 9.47 Å². The van der Waals surface area contributed by atoms with Crippen LogP contribution in [0.4, 0.5) is 0 Å². The highest BCUT2D eigenvalue weighted by molar-refractivity contribution is 6.37. The zero-order valence-electron chi connectivity index (χ0n) is 24.0. The lowest BCUT2D eigenvalue weighted by atomic mass is 9.96. The monoisotopic (exact) mass is 579 g/mol. The van der Waals surface area contributed by atoms with Crippen LogP contribution in [0.15, 0.2) is 58.4 Å². The smallest absolute Gasteiger partial charge is 0.282 e. The van der Waals surface area contributed by atoms with Gasteiger partial charge in [-0.25, -0.2) is 4.98 Å². The van der Waals surface area contributed by atoms with Crippen LogP contribution in [0.5, 0.6) is 11.5 Å². The largest absolute Gasteiger partial charge is 0.494 e.